The van der Waals surface area contributed by atoms with Crippen LogP contribution in [-0.2, 0) is 26.0 Å². The molecule has 1 aromatic heterocycles. The summed E-state index contributed by atoms with van der Waals surface area (Å²) in [5.74, 6) is 0.561. The molecule has 0 bridgehead atoms. The van der Waals surface area contributed by atoms with E-state index in [9.17, 15) is 8.42 Å². The van der Waals surface area contributed by atoms with Gasteiger partial charge < -0.3 is 19.2 Å². The van der Waals surface area contributed by atoms with Gasteiger partial charge in [-0.05, 0) is 19.2 Å². The van der Waals surface area contributed by atoms with Gasteiger partial charge in [-0.3, -0.25) is 0 Å². The van der Waals surface area contributed by atoms with E-state index in [1.165, 1.54) is 13.1 Å². The summed E-state index contributed by atoms with van der Waals surface area (Å²) >= 11 is 0. The van der Waals surface area contributed by atoms with Crippen molar-refractivity contribution in [2.45, 2.75) is 17.7 Å². The number of furan rings is 1. The smallest absolute Gasteiger partial charge is 0.273 e. The molecule has 0 spiro atoms. The average Bonchev–Trinajstić information content (AvgIpc) is 2.90. The first-order chi connectivity index (χ1) is 9.12. The van der Waals surface area contributed by atoms with Gasteiger partial charge in [-0.15, -0.1) is 0 Å². The first-order valence-electron chi connectivity index (χ1n) is 6.04. The molecule has 1 aliphatic heterocycles. The molecule has 1 atom stereocenters. The highest BCUT2D eigenvalue weighted by Gasteiger charge is 2.17. The molecule has 1 aliphatic rings. The lowest BCUT2D eigenvalue weighted by Gasteiger charge is -2.22. The molecular formula is C11H18N2O5S. The van der Waals surface area contributed by atoms with Crippen LogP contribution in [0.3, 0.4) is 0 Å². The number of nitrogens with one attached hydrogen (secondary N) is 2. The van der Waals surface area contributed by atoms with Crippen LogP contribution in [0.15, 0.2) is 21.6 Å². The van der Waals surface area contributed by atoms with Crippen LogP contribution >= 0.6 is 0 Å². The van der Waals surface area contributed by atoms with Crippen LogP contribution in [-0.4, -0.2) is 47.9 Å². The molecule has 0 radical (unpaired) electrons. The Kier molecular flexibility index (Phi) is 4.94. The number of sulfonamides is 1. The standard InChI is InChI=1S/C11H18N2O5S/c1-12-19(14,15)11-3-2-9(18-11)6-13-7-10-8-16-4-5-17-10/h2-3,10,12-13H,4-8H2,1H3. The second kappa shape index (κ2) is 6.49. The van der Waals surface area contributed by atoms with Crippen molar-refractivity contribution in [2.24, 2.45) is 0 Å². The van der Waals surface area contributed by atoms with E-state index in [0.717, 1.165) is 0 Å². The summed E-state index contributed by atoms with van der Waals surface area (Å²) in [6, 6.07) is 3.07. The summed E-state index contributed by atoms with van der Waals surface area (Å²) in [6.07, 6.45) is 0.0317. The van der Waals surface area contributed by atoms with Crippen molar-refractivity contribution in [1.29, 1.82) is 0 Å². The molecule has 2 heterocycles. The summed E-state index contributed by atoms with van der Waals surface area (Å²) < 4.78 is 41.1. The van der Waals surface area contributed by atoms with Crippen LogP contribution < -0.4 is 10.0 Å². The zero-order chi connectivity index (χ0) is 13.7. The van der Waals surface area contributed by atoms with Gasteiger partial charge in [0.15, 0.2) is 0 Å². The van der Waals surface area contributed by atoms with Crippen molar-refractivity contribution in [3.8, 4) is 0 Å². The molecule has 0 saturated carbocycles. The molecule has 1 fully saturated rings. The minimum atomic E-state index is -3.51. The maximum Gasteiger partial charge on any atom is 0.273 e. The summed E-state index contributed by atoms with van der Waals surface area (Å²) in [4.78, 5) is 0. The Morgan fingerprint density at radius 3 is 2.89 bits per heavy atom. The molecule has 7 nitrogen and oxygen atoms in total. The van der Waals surface area contributed by atoms with E-state index in [-0.39, 0.29) is 11.2 Å². The fourth-order valence-electron chi connectivity index (χ4n) is 1.71. The molecule has 1 aromatic rings. The average molecular weight is 290 g/mol. The third-order valence-corrected chi connectivity index (χ3v) is 4.01. The van der Waals surface area contributed by atoms with Gasteiger partial charge in [0.05, 0.1) is 32.5 Å². The quantitative estimate of drug-likeness (QED) is 0.747. The minimum absolute atomic E-state index is 0.0317. The van der Waals surface area contributed by atoms with E-state index in [2.05, 4.69) is 10.0 Å². The number of rotatable bonds is 6. The fourth-order valence-corrected chi connectivity index (χ4v) is 2.37. The Labute approximate surface area is 112 Å². The second-order valence-electron chi connectivity index (χ2n) is 4.13. The summed E-state index contributed by atoms with van der Waals surface area (Å²) in [6.45, 7) is 2.90. The molecule has 8 heteroatoms. The lowest BCUT2D eigenvalue weighted by molar-refractivity contribution is -0.0865. The maximum atomic E-state index is 11.5. The Balaban J connectivity index is 1.80. The van der Waals surface area contributed by atoms with Crippen LogP contribution in [0.5, 0.6) is 0 Å². The number of hydrogen-bond donors (Lipinski definition) is 2. The lowest BCUT2D eigenvalue weighted by Crippen LogP contribution is -2.37. The first kappa shape index (κ1) is 14.5. The first-order valence-corrected chi connectivity index (χ1v) is 7.52. The van der Waals surface area contributed by atoms with Crippen molar-refractivity contribution in [1.82, 2.24) is 10.0 Å². The lowest BCUT2D eigenvalue weighted by atomic mass is 10.3. The van der Waals surface area contributed by atoms with Gasteiger partial charge in [0.25, 0.3) is 10.0 Å². The van der Waals surface area contributed by atoms with Gasteiger partial charge in [0.2, 0.25) is 5.09 Å². The van der Waals surface area contributed by atoms with Crippen molar-refractivity contribution in [2.75, 3.05) is 33.4 Å². The molecule has 0 aliphatic carbocycles. The fraction of sp³-hybridized carbons (Fsp3) is 0.636. The van der Waals surface area contributed by atoms with E-state index >= 15 is 0 Å². The van der Waals surface area contributed by atoms with Gasteiger partial charge in [-0.2, -0.15) is 0 Å². The van der Waals surface area contributed by atoms with Crippen LogP contribution in [0.4, 0.5) is 0 Å². The monoisotopic (exact) mass is 290 g/mol. The Morgan fingerprint density at radius 1 is 1.37 bits per heavy atom. The second-order valence-corrected chi connectivity index (χ2v) is 5.94. The number of ether oxygens (including phenoxy) is 2. The zero-order valence-corrected chi connectivity index (χ0v) is 11.5. The Morgan fingerprint density at radius 2 is 2.21 bits per heavy atom. The SMILES string of the molecule is CNS(=O)(=O)c1ccc(CNCC2COCCO2)o1. The topological polar surface area (TPSA) is 89.8 Å². The Hall–Kier alpha value is -0.930. The van der Waals surface area contributed by atoms with Crippen molar-refractivity contribution < 1.29 is 22.3 Å². The molecule has 0 aromatic carbocycles. The normalized spacial score (nSPS) is 20.6. The zero-order valence-electron chi connectivity index (χ0n) is 10.7. The Bertz CT molecular complexity index is 493. The molecule has 1 saturated heterocycles. The molecule has 19 heavy (non-hydrogen) atoms. The van der Waals surface area contributed by atoms with E-state index in [0.29, 0.717) is 38.7 Å². The highest BCUT2D eigenvalue weighted by Crippen LogP contribution is 2.13. The molecule has 2 rings (SSSR count). The van der Waals surface area contributed by atoms with E-state index in [4.69, 9.17) is 13.9 Å². The number of hydrogen-bond acceptors (Lipinski definition) is 6. The highest BCUT2D eigenvalue weighted by atomic mass is 32.2. The van der Waals surface area contributed by atoms with Gasteiger partial charge in [-0.25, -0.2) is 13.1 Å². The van der Waals surface area contributed by atoms with Gasteiger partial charge in [0, 0.05) is 6.54 Å². The third-order valence-electron chi connectivity index (χ3n) is 2.73. The van der Waals surface area contributed by atoms with Crippen LogP contribution in [0.25, 0.3) is 0 Å². The summed E-state index contributed by atoms with van der Waals surface area (Å²) in [5.41, 5.74) is 0. The predicted octanol–water partition coefficient (Wildman–Crippen LogP) is -0.307. The van der Waals surface area contributed by atoms with Crippen LogP contribution in [0.2, 0.25) is 0 Å². The van der Waals surface area contributed by atoms with Crippen LogP contribution in [0.1, 0.15) is 5.76 Å². The minimum Gasteiger partial charge on any atom is -0.447 e. The highest BCUT2D eigenvalue weighted by molar-refractivity contribution is 7.89. The summed E-state index contributed by atoms with van der Waals surface area (Å²) in [5, 5.41) is 3.06. The van der Waals surface area contributed by atoms with Crippen molar-refractivity contribution >= 4 is 10.0 Å². The molecule has 1 unspecified atom stereocenters. The molecular weight excluding hydrogens is 272 g/mol. The largest absolute Gasteiger partial charge is 0.447 e. The van der Waals surface area contributed by atoms with E-state index in [1.807, 2.05) is 0 Å². The predicted molar refractivity (Wildman–Crippen MR) is 67.2 cm³/mol. The van der Waals surface area contributed by atoms with Gasteiger partial charge in [-0.1, -0.05) is 0 Å². The van der Waals surface area contributed by atoms with E-state index in [1.54, 1.807) is 6.07 Å². The van der Waals surface area contributed by atoms with Gasteiger partial charge >= 0.3 is 0 Å². The molecule has 108 valence electrons. The van der Waals surface area contributed by atoms with Crippen molar-refractivity contribution in [3.63, 3.8) is 0 Å². The molecule has 2 N–H and O–H groups in total. The molecule has 0 amide bonds. The van der Waals surface area contributed by atoms with Crippen molar-refractivity contribution in [3.05, 3.63) is 17.9 Å². The van der Waals surface area contributed by atoms with E-state index < -0.39 is 10.0 Å². The third kappa shape index (κ3) is 4.02. The summed E-state index contributed by atoms with van der Waals surface area (Å²) in [7, 11) is -2.17. The maximum absolute atomic E-state index is 11.5. The van der Waals surface area contributed by atoms with Crippen LogP contribution in [0, 0.1) is 0 Å². The van der Waals surface area contributed by atoms with Gasteiger partial charge in [0.1, 0.15) is 5.76 Å².